The van der Waals surface area contributed by atoms with Crippen molar-refractivity contribution >= 4 is 21.9 Å². The molecule has 110 valence electrons. The Labute approximate surface area is 126 Å². The molecule has 0 spiro atoms. The normalized spacial score (nSPS) is 11.6. The smallest absolute Gasteiger partial charge is 0.304 e. The van der Waals surface area contributed by atoms with E-state index in [2.05, 4.69) is 15.1 Å². The fourth-order valence-electron chi connectivity index (χ4n) is 3.03. The number of fused-ring (bicyclic) bond motifs is 3. The predicted octanol–water partition coefficient (Wildman–Crippen LogP) is 2.22. The number of imidazole rings is 1. The van der Waals surface area contributed by atoms with Gasteiger partial charge >= 0.3 is 5.69 Å². The van der Waals surface area contributed by atoms with Crippen molar-refractivity contribution in [3.8, 4) is 5.69 Å². The molecule has 0 bridgehead atoms. The summed E-state index contributed by atoms with van der Waals surface area (Å²) in [6.45, 7) is 3.88. The molecule has 0 atom stereocenters. The van der Waals surface area contributed by atoms with Gasteiger partial charge in [-0.3, -0.25) is 14.2 Å². The Bertz CT molecular complexity index is 1080. The standard InChI is InChI=1S/C16H15N5O/c1-9-14(10(2)20(3)19-9)21-15-11-6-4-5-7-12(11)17-8-13(15)18-16(21)22/h4-8H,1-3H3,(H,18,22). The number of benzene rings is 1. The first-order valence-electron chi connectivity index (χ1n) is 7.07. The van der Waals surface area contributed by atoms with Crippen molar-refractivity contribution in [2.75, 3.05) is 0 Å². The zero-order valence-corrected chi connectivity index (χ0v) is 12.6. The minimum absolute atomic E-state index is 0.174. The molecule has 0 radical (unpaired) electrons. The number of nitrogens with one attached hydrogen (secondary N) is 1. The molecule has 0 aliphatic carbocycles. The molecule has 0 amide bonds. The summed E-state index contributed by atoms with van der Waals surface area (Å²) in [5, 5.41) is 5.37. The number of rotatable bonds is 1. The van der Waals surface area contributed by atoms with Crippen LogP contribution in [0.25, 0.3) is 27.6 Å². The van der Waals surface area contributed by atoms with Crippen molar-refractivity contribution in [3.63, 3.8) is 0 Å². The van der Waals surface area contributed by atoms with Gasteiger partial charge in [0, 0.05) is 12.4 Å². The number of aromatic amines is 1. The summed E-state index contributed by atoms with van der Waals surface area (Å²) < 4.78 is 3.50. The van der Waals surface area contributed by atoms with E-state index in [1.807, 2.05) is 45.2 Å². The van der Waals surface area contributed by atoms with E-state index in [0.29, 0.717) is 0 Å². The number of aryl methyl sites for hydroxylation is 2. The van der Waals surface area contributed by atoms with Crippen LogP contribution < -0.4 is 5.69 Å². The number of hydrogen-bond acceptors (Lipinski definition) is 3. The SMILES string of the molecule is Cc1nn(C)c(C)c1-n1c(=O)[nH]c2cnc3ccccc3c21. The van der Waals surface area contributed by atoms with E-state index in [1.54, 1.807) is 15.4 Å². The van der Waals surface area contributed by atoms with Crippen LogP contribution >= 0.6 is 0 Å². The Morgan fingerprint density at radius 3 is 2.68 bits per heavy atom. The largest absolute Gasteiger partial charge is 0.331 e. The molecule has 0 fully saturated rings. The first-order valence-corrected chi connectivity index (χ1v) is 7.07. The molecule has 4 aromatic rings. The number of hydrogen-bond donors (Lipinski definition) is 1. The van der Waals surface area contributed by atoms with E-state index in [9.17, 15) is 4.79 Å². The molecule has 1 aromatic carbocycles. The highest BCUT2D eigenvalue weighted by Gasteiger charge is 2.18. The van der Waals surface area contributed by atoms with Gasteiger partial charge in [-0.15, -0.1) is 0 Å². The van der Waals surface area contributed by atoms with Gasteiger partial charge in [0.2, 0.25) is 0 Å². The fourth-order valence-corrected chi connectivity index (χ4v) is 3.03. The van der Waals surface area contributed by atoms with E-state index >= 15 is 0 Å². The lowest BCUT2D eigenvalue weighted by Gasteiger charge is -2.06. The van der Waals surface area contributed by atoms with Gasteiger partial charge in [0.05, 0.1) is 39.8 Å². The maximum absolute atomic E-state index is 12.5. The quantitative estimate of drug-likeness (QED) is 0.585. The summed E-state index contributed by atoms with van der Waals surface area (Å²) in [4.78, 5) is 19.8. The Morgan fingerprint density at radius 1 is 1.18 bits per heavy atom. The average molecular weight is 293 g/mol. The first kappa shape index (κ1) is 12.8. The van der Waals surface area contributed by atoms with Crippen LogP contribution in [0.2, 0.25) is 0 Å². The van der Waals surface area contributed by atoms with Gasteiger partial charge < -0.3 is 4.98 Å². The third kappa shape index (κ3) is 1.57. The molecule has 1 N–H and O–H groups in total. The molecule has 4 rings (SSSR count). The molecule has 0 aliphatic heterocycles. The second kappa shape index (κ2) is 4.30. The van der Waals surface area contributed by atoms with Gasteiger partial charge in [-0.1, -0.05) is 18.2 Å². The van der Waals surface area contributed by atoms with Crippen LogP contribution in [0.3, 0.4) is 0 Å². The van der Waals surface area contributed by atoms with Gasteiger partial charge in [0.25, 0.3) is 0 Å². The van der Waals surface area contributed by atoms with E-state index in [0.717, 1.165) is 39.0 Å². The molecule has 3 heterocycles. The predicted molar refractivity (Wildman–Crippen MR) is 85.4 cm³/mol. The molecule has 6 heteroatoms. The highest BCUT2D eigenvalue weighted by atomic mass is 16.1. The number of para-hydroxylation sites is 1. The van der Waals surface area contributed by atoms with Crippen molar-refractivity contribution in [2.45, 2.75) is 13.8 Å². The van der Waals surface area contributed by atoms with Crippen LogP contribution in [0.4, 0.5) is 0 Å². The Balaban J connectivity index is 2.25. The van der Waals surface area contributed by atoms with Gasteiger partial charge in [0.1, 0.15) is 0 Å². The second-order valence-corrected chi connectivity index (χ2v) is 5.45. The molecule has 0 aliphatic rings. The second-order valence-electron chi connectivity index (χ2n) is 5.45. The molecule has 0 unspecified atom stereocenters. The highest BCUT2D eigenvalue weighted by molar-refractivity contribution is 6.02. The number of H-pyrrole nitrogens is 1. The maximum Gasteiger partial charge on any atom is 0.331 e. The number of nitrogens with zero attached hydrogens (tertiary/aromatic N) is 4. The Kier molecular flexibility index (Phi) is 2.51. The Morgan fingerprint density at radius 2 is 1.95 bits per heavy atom. The van der Waals surface area contributed by atoms with Crippen molar-refractivity contribution in [1.29, 1.82) is 0 Å². The third-order valence-electron chi connectivity index (χ3n) is 4.11. The fraction of sp³-hybridized carbons (Fsp3) is 0.188. The molecular weight excluding hydrogens is 278 g/mol. The number of aromatic nitrogens is 5. The third-order valence-corrected chi connectivity index (χ3v) is 4.11. The van der Waals surface area contributed by atoms with Crippen LogP contribution in [-0.2, 0) is 7.05 Å². The lowest BCUT2D eigenvalue weighted by Crippen LogP contribution is -2.16. The van der Waals surface area contributed by atoms with Crippen molar-refractivity contribution in [1.82, 2.24) is 24.3 Å². The molecule has 0 saturated heterocycles. The van der Waals surface area contributed by atoms with E-state index < -0.39 is 0 Å². The Hall–Kier alpha value is -2.89. The topological polar surface area (TPSA) is 68.5 Å². The monoisotopic (exact) mass is 293 g/mol. The van der Waals surface area contributed by atoms with Crippen molar-refractivity contribution in [2.24, 2.45) is 7.05 Å². The molecule has 0 saturated carbocycles. The van der Waals surface area contributed by atoms with Crippen LogP contribution in [0.5, 0.6) is 0 Å². The highest BCUT2D eigenvalue weighted by Crippen LogP contribution is 2.26. The zero-order valence-electron chi connectivity index (χ0n) is 12.6. The molecule has 6 nitrogen and oxygen atoms in total. The van der Waals surface area contributed by atoms with Crippen LogP contribution in [0, 0.1) is 13.8 Å². The van der Waals surface area contributed by atoms with Crippen LogP contribution in [0.1, 0.15) is 11.4 Å². The summed E-state index contributed by atoms with van der Waals surface area (Å²) in [7, 11) is 1.88. The van der Waals surface area contributed by atoms with Crippen LogP contribution in [0.15, 0.2) is 35.3 Å². The molecule has 22 heavy (non-hydrogen) atoms. The lowest BCUT2D eigenvalue weighted by molar-refractivity contribution is 0.730. The summed E-state index contributed by atoms with van der Waals surface area (Å²) in [5.74, 6) is 0. The summed E-state index contributed by atoms with van der Waals surface area (Å²) in [5.41, 5.74) is 4.86. The van der Waals surface area contributed by atoms with Crippen molar-refractivity contribution in [3.05, 3.63) is 52.3 Å². The minimum Gasteiger partial charge on any atom is -0.304 e. The lowest BCUT2D eigenvalue weighted by atomic mass is 10.2. The molecule has 3 aromatic heterocycles. The van der Waals surface area contributed by atoms with E-state index in [4.69, 9.17) is 0 Å². The molecular formula is C16H15N5O. The van der Waals surface area contributed by atoms with E-state index in [1.165, 1.54) is 0 Å². The zero-order chi connectivity index (χ0) is 15.4. The summed E-state index contributed by atoms with van der Waals surface area (Å²) in [6.07, 6.45) is 1.70. The van der Waals surface area contributed by atoms with Crippen molar-refractivity contribution < 1.29 is 0 Å². The summed E-state index contributed by atoms with van der Waals surface area (Å²) >= 11 is 0. The van der Waals surface area contributed by atoms with Gasteiger partial charge in [-0.25, -0.2) is 4.79 Å². The minimum atomic E-state index is -0.174. The number of pyridine rings is 1. The summed E-state index contributed by atoms with van der Waals surface area (Å²) in [6, 6.07) is 7.82. The van der Waals surface area contributed by atoms with Crippen LogP contribution in [-0.4, -0.2) is 24.3 Å². The van der Waals surface area contributed by atoms with Gasteiger partial charge in [-0.2, -0.15) is 5.10 Å². The van der Waals surface area contributed by atoms with Gasteiger partial charge in [0.15, 0.2) is 0 Å². The first-order chi connectivity index (χ1) is 10.6. The van der Waals surface area contributed by atoms with E-state index in [-0.39, 0.29) is 5.69 Å². The van der Waals surface area contributed by atoms with Gasteiger partial charge in [-0.05, 0) is 19.9 Å². The average Bonchev–Trinajstić information content (AvgIpc) is 2.95. The maximum atomic E-state index is 12.5.